The van der Waals surface area contributed by atoms with Crippen LogP contribution in [0.15, 0.2) is 16.8 Å². The Bertz CT molecular complexity index is 246. The number of rotatable bonds is 4. The minimum atomic E-state index is -0.158. The lowest BCUT2D eigenvalue weighted by atomic mass is 9.87. The molecule has 0 aliphatic rings. The number of hydrogen-bond donors (Lipinski definition) is 1. The Morgan fingerprint density at radius 1 is 1.43 bits per heavy atom. The molecule has 1 N–H and O–H groups in total. The van der Waals surface area contributed by atoms with Gasteiger partial charge in [-0.15, -0.1) is 0 Å². The van der Waals surface area contributed by atoms with E-state index in [-0.39, 0.29) is 11.5 Å². The number of thiophene rings is 1. The zero-order chi connectivity index (χ0) is 10.6. The molecule has 0 saturated carbocycles. The van der Waals surface area contributed by atoms with Gasteiger partial charge in [-0.25, -0.2) is 0 Å². The Kier molecular flexibility index (Phi) is 4.14. The highest BCUT2D eigenvalue weighted by molar-refractivity contribution is 7.07. The van der Waals surface area contributed by atoms with Crippen LogP contribution in [0.2, 0.25) is 0 Å². The van der Waals surface area contributed by atoms with Crippen molar-refractivity contribution in [3.05, 3.63) is 22.4 Å². The first-order valence-corrected chi connectivity index (χ1v) is 6.11. The summed E-state index contributed by atoms with van der Waals surface area (Å²) in [6, 6.07) is 2.13. The molecule has 2 heteroatoms. The van der Waals surface area contributed by atoms with Crippen molar-refractivity contribution >= 4 is 11.3 Å². The van der Waals surface area contributed by atoms with Crippen LogP contribution in [0.3, 0.4) is 0 Å². The predicted molar refractivity (Wildman–Crippen MR) is 62.7 cm³/mol. The molecule has 1 nitrogen and oxygen atoms in total. The molecular weight excluding hydrogens is 192 g/mol. The van der Waals surface area contributed by atoms with Gasteiger partial charge in [-0.2, -0.15) is 11.3 Å². The fourth-order valence-electron chi connectivity index (χ4n) is 1.58. The third kappa shape index (κ3) is 4.77. The van der Waals surface area contributed by atoms with Crippen molar-refractivity contribution in [3.8, 4) is 0 Å². The molecule has 1 aromatic rings. The molecule has 1 aromatic heterocycles. The molecule has 0 spiro atoms. The van der Waals surface area contributed by atoms with E-state index in [4.69, 9.17) is 0 Å². The first-order valence-electron chi connectivity index (χ1n) is 5.16. The van der Waals surface area contributed by atoms with Gasteiger partial charge in [-0.05, 0) is 47.1 Å². The number of aryl methyl sites for hydroxylation is 1. The van der Waals surface area contributed by atoms with Gasteiger partial charge in [-0.1, -0.05) is 20.8 Å². The molecule has 14 heavy (non-hydrogen) atoms. The molecule has 0 amide bonds. The van der Waals surface area contributed by atoms with Gasteiger partial charge < -0.3 is 5.11 Å². The largest absolute Gasteiger partial charge is 0.393 e. The van der Waals surface area contributed by atoms with Crippen LogP contribution in [-0.2, 0) is 6.42 Å². The van der Waals surface area contributed by atoms with Crippen LogP contribution in [0.5, 0.6) is 0 Å². The monoisotopic (exact) mass is 212 g/mol. The van der Waals surface area contributed by atoms with Crippen LogP contribution in [0.25, 0.3) is 0 Å². The molecule has 80 valence electrons. The molecule has 0 fully saturated rings. The van der Waals surface area contributed by atoms with Gasteiger partial charge in [0.25, 0.3) is 0 Å². The van der Waals surface area contributed by atoms with Gasteiger partial charge in [0.15, 0.2) is 0 Å². The van der Waals surface area contributed by atoms with E-state index in [1.807, 2.05) is 0 Å². The third-order valence-corrected chi connectivity index (χ3v) is 2.93. The Labute approximate surface area is 90.8 Å². The summed E-state index contributed by atoms with van der Waals surface area (Å²) in [5, 5.41) is 14.0. The normalized spacial score (nSPS) is 14.3. The lowest BCUT2D eigenvalue weighted by Crippen LogP contribution is -2.17. The first-order chi connectivity index (χ1) is 6.47. The highest BCUT2D eigenvalue weighted by Gasteiger charge is 2.16. The second-order valence-corrected chi connectivity index (χ2v) is 5.87. The second-order valence-electron chi connectivity index (χ2n) is 5.09. The van der Waals surface area contributed by atoms with Crippen molar-refractivity contribution in [1.29, 1.82) is 0 Å². The summed E-state index contributed by atoms with van der Waals surface area (Å²) >= 11 is 1.72. The van der Waals surface area contributed by atoms with Crippen LogP contribution in [0.1, 0.15) is 39.2 Å². The summed E-state index contributed by atoms with van der Waals surface area (Å²) < 4.78 is 0. The summed E-state index contributed by atoms with van der Waals surface area (Å²) in [6.07, 6.45) is 2.61. The quantitative estimate of drug-likeness (QED) is 0.810. The maximum atomic E-state index is 9.79. The van der Waals surface area contributed by atoms with Crippen molar-refractivity contribution in [2.45, 2.75) is 46.1 Å². The fourth-order valence-corrected chi connectivity index (χ4v) is 2.28. The van der Waals surface area contributed by atoms with E-state index in [1.54, 1.807) is 11.3 Å². The summed E-state index contributed by atoms with van der Waals surface area (Å²) in [6.45, 7) is 6.50. The smallest absolute Gasteiger partial charge is 0.0548 e. The van der Waals surface area contributed by atoms with E-state index >= 15 is 0 Å². The Hall–Kier alpha value is -0.340. The zero-order valence-corrected chi connectivity index (χ0v) is 10.1. The molecule has 0 aliphatic carbocycles. The molecule has 0 aromatic carbocycles. The molecule has 0 aliphatic heterocycles. The lowest BCUT2D eigenvalue weighted by Gasteiger charge is -2.22. The lowest BCUT2D eigenvalue weighted by molar-refractivity contribution is 0.113. The van der Waals surface area contributed by atoms with E-state index in [0.29, 0.717) is 0 Å². The number of aliphatic hydroxyl groups is 1. The van der Waals surface area contributed by atoms with E-state index in [2.05, 4.69) is 37.6 Å². The third-order valence-electron chi connectivity index (χ3n) is 2.19. The molecule has 0 bridgehead atoms. The van der Waals surface area contributed by atoms with Crippen LogP contribution >= 0.6 is 11.3 Å². The second kappa shape index (κ2) is 4.94. The zero-order valence-electron chi connectivity index (χ0n) is 9.29. The van der Waals surface area contributed by atoms with Gasteiger partial charge >= 0.3 is 0 Å². The number of aliphatic hydroxyl groups excluding tert-OH is 1. The molecule has 0 saturated heterocycles. The minimum absolute atomic E-state index is 0.158. The average Bonchev–Trinajstić information content (AvgIpc) is 2.49. The van der Waals surface area contributed by atoms with Crippen LogP contribution < -0.4 is 0 Å². The topological polar surface area (TPSA) is 20.2 Å². The predicted octanol–water partition coefficient (Wildman–Crippen LogP) is 3.48. The van der Waals surface area contributed by atoms with Gasteiger partial charge in [0.05, 0.1) is 6.10 Å². The van der Waals surface area contributed by atoms with Gasteiger partial charge in [0.1, 0.15) is 0 Å². The van der Waals surface area contributed by atoms with E-state index in [0.717, 1.165) is 19.3 Å². The highest BCUT2D eigenvalue weighted by atomic mass is 32.1. The molecule has 1 heterocycles. The van der Waals surface area contributed by atoms with Crippen molar-refractivity contribution < 1.29 is 5.11 Å². The van der Waals surface area contributed by atoms with Crippen molar-refractivity contribution in [3.63, 3.8) is 0 Å². The Morgan fingerprint density at radius 3 is 2.64 bits per heavy atom. The Balaban J connectivity index is 2.25. The summed E-state index contributed by atoms with van der Waals surface area (Å²) in [5.41, 5.74) is 1.58. The SMILES string of the molecule is CC(C)(C)CC(O)CCc1ccsc1. The molecule has 0 radical (unpaired) electrons. The van der Waals surface area contributed by atoms with Crippen LogP contribution in [-0.4, -0.2) is 11.2 Å². The molecule has 1 rings (SSSR count). The van der Waals surface area contributed by atoms with Crippen molar-refractivity contribution in [1.82, 2.24) is 0 Å². The molecular formula is C12H20OS. The highest BCUT2D eigenvalue weighted by Crippen LogP contribution is 2.23. The Morgan fingerprint density at radius 2 is 2.14 bits per heavy atom. The summed E-state index contributed by atoms with van der Waals surface area (Å²) in [5.74, 6) is 0. The van der Waals surface area contributed by atoms with Crippen molar-refractivity contribution in [2.24, 2.45) is 5.41 Å². The van der Waals surface area contributed by atoms with E-state index in [1.165, 1.54) is 5.56 Å². The average molecular weight is 212 g/mol. The van der Waals surface area contributed by atoms with E-state index in [9.17, 15) is 5.11 Å². The minimum Gasteiger partial charge on any atom is -0.393 e. The van der Waals surface area contributed by atoms with E-state index < -0.39 is 0 Å². The maximum absolute atomic E-state index is 9.79. The van der Waals surface area contributed by atoms with Gasteiger partial charge in [-0.3, -0.25) is 0 Å². The van der Waals surface area contributed by atoms with Gasteiger partial charge in [0, 0.05) is 0 Å². The molecule has 1 unspecified atom stereocenters. The van der Waals surface area contributed by atoms with Crippen molar-refractivity contribution in [2.75, 3.05) is 0 Å². The summed E-state index contributed by atoms with van der Waals surface area (Å²) in [4.78, 5) is 0. The van der Waals surface area contributed by atoms with Crippen LogP contribution in [0, 0.1) is 5.41 Å². The van der Waals surface area contributed by atoms with Crippen LogP contribution in [0.4, 0.5) is 0 Å². The first kappa shape index (κ1) is 11.7. The standard InChI is InChI=1S/C12H20OS/c1-12(2,3)8-11(13)5-4-10-6-7-14-9-10/h6-7,9,11,13H,4-5,8H2,1-3H3. The molecule has 1 atom stereocenters. The fraction of sp³-hybridized carbons (Fsp3) is 0.667. The maximum Gasteiger partial charge on any atom is 0.0548 e. The number of hydrogen-bond acceptors (Lipinski definition) is 2. The summed E-state index contributed by atoms with van der Waals surface area (Å²) in [7, 11) is 0. The van der Waals surface area contributed by atoms with Gasteiger partial charge in [0.2, 0.25) is 0 Å².